The van der Waals surface area contributed by atoms with Gasteiger partial charge in [-0.1, -0.05) is 30.3 Å². The Hall–Kier alpha value is -1.10. The van der Waals surface area contributed by atoms with Crippen LogP contribution in [0.15, 0.2) is 30.3 Å². The molecule has 4 nitrogen and oxygen atoms in total. The van der Waals surface area contributed by atoms with Crippen LogP contribution in [0.5, 0.6) is 0 Å². The molecule has 0 saturated carbocycles. The lowest BCUT2D eigenvalue weighted by Crippen LogP contribution is -2.37. The van der Waals surface area contributed by atoms with Crippen LogP contribution in [0.3, 0.4) is 0 Å². The summed E-state index contributed by atoms with van der Waals surface area (Å²) in [6, 6.07) is 10.4. The van der Waals surface area contributed by atoms with Gasteiger partial charge in [-0.3, -0.25) is 4.79 Å². The Labute approximate surface area is 132 Å². The molecule has 0 aliphatic carbocycles. The zero-order valence-electron chi connectivity index (χ0n) is 12.1. The molecule has 2 saturated heterocycles. The second-order valence-electron chi connectivity index (χ2n) is 5.76. The molecule has 2 aliphatic heterocycles. The smallest absolute Gasteiger partial charge is 0.251 e. The average Bonchev–Trinajstić information content (AvgIpc) is 3.17. The number of carbonyl (C=O) groups excluding carboxylic acids is 1. The predicted molar refractivity (Wildman–Crippen MR) is 84.5 cm³/mol. The van der Waals surface area contributed by atoms with Crippen molar-refractivity contribution in [1.82, 2.24) is 4.90 Å². The Morgan fingerprint density at radius 1 is 1.29 bits per heavy atom. The van der Waals surface area contributed by atoms with Gasteiger partial charge in [-0.25, -0.2) is 0 Å². The fourth-order valence-corrected chi connectivity index (χ4v) is 3.34. The van der Waals surface area contributed by atoms with Gasteiger partial charge in [0.2, 0.25) is 0 Å². The Kier molecular flexibility index (Phi) is 5.62. The summed E-state index contributed by atoms with van der Waals surface area (Å²) in [5.74, 6) is 0.855. The van der Waals surface area contributed by atoms with Gasteiger partial charge in [-0.15, -0.1) is 12.4 Å². The molecule has 1 aromatic rings. The third kappa shape index (κ3) is 3.39. The molecule has 5 heteroatoms. The summed E-state index contributed by atoms with van der Waals surface area (Å²) in [5, 5.41) is 0. The number of nitrogens with two attached hydrogens (primary N) is 1. The maximum Gasteiger partial charge on any atom is 0.251 e. The fourth-order valence-electron chi connectivity index (χ4n) is 3.34. The second-order valence-corrected chi connectivity index (χ2v) is 5.76. The van der Waals surface area contributed by atoms with E-state index in [1.807, 2.05) is 23.1 Å². The molecule has 2 aliphatic rings. The van der Waals surface area contributed by atoms with Crippen LogP contribution in [-0.2, 0) is 9.53 Å². The highest BCUT2D eigenvalue weighted by atomic mass is 35.5. The van der Waals surface area contributed by atoms with E-state index in [0.717, 1.165) is 25.9 Å². The summed E-state index contributed by atoms with van der Waals surface area (Å²) < 4.78 is 5.51. The van der Waals surface area contributed by atoms with Crippen molar-refractivity contribution in [1.29, 1.82) is 0 Å². The van der Waals surface area contributed by atoms with Crippen LogP contribution < -0.4 is 5.73 Å². The Morgan fingerprint density at radius 3 is 2.67 bits per heavy atom. The van der Waals surface area contributed by atoms with Crippen molar-refractivity contribution < 1.29 is 9.53 Å². The van der Waals surface area contributed by atoms with Crippen molar-refractivity contribution in [2.24, 2.45) is 11.7 Å². The Balaban J connectivity index is 0.00000161. The molecule has 3 rings (SSSR count). The van der Waals surface area contributed by atoms with Gasteiger partial charge in [0, 0.05) is 25.6 Å². The number of hydrogen-bond acceptors (Lipinski definition) is 3. The summed E-state index contributed by atoms with van der Waals surface area (Å²) in [4.78, 5) is 14.4. The van der Waals surface area contributed by atoms with Gasteiger partial charge in [-0.05, 0) is 30.9 Å². The van der Waals surface area contributed by atoms with Crippen LogP contribution >= 0.6 is 12.4 Å². The molecular weight excluding hydrogens is 288 g/mol. The van der Waals surface area contributed by atoms with E-state index in [9.17, 15) is 4.79 Å². The molecule has 0 radical (unpaired) electrons. The number of likely N-dealkylation sites (tertiary alicyclic amines) is 1. The number of benzene rings is 1. The molecule has 1 amide bonds. The summed E-state index contributed by atoms with van der Waals surface area (Å²) in [6.07, 6.45) is 1.63. The van der Waals surface area contributed by atoms with Crippen LogP contribution in [0.2, 0.25) is 0 Å². The van der Waals surface area contributed by atoms with Crippen LogP contribution in [-0.4, -0.2) is 43.2 Å². The molecule has 2 heterocycles. The van der Waals surface area contributed by atoms with E-state index in [2.05, 4.69) is 12.1 Å². The standard InChI is InChI=1S/C16H22N2O2.ClH/c17-9-13-10-18(16(19)15-7-4-8-20-15)11-14(13)12-5-2-1-3-6-12;/h1-3,5-6,13-15H,4,7-11,17H2;1H/t13-,14+,15?;/m1./s1. The number of carbonyl (C=O) groups is 1. The third-order valence-electron chi connectivity index (χ3n) is 4.49. The molecule has 2 N–H and O–H groups in total. The molecule has 3 atom stereocenters. The SMILES string of the molecule is Cl.NC[C@@H]1CN(C(=O)C2CCCO2)C[C@H]1c1ccccc1. The number of halogens is 1. The predicted octanol–water partition coefficient (Wildman–Crippen LogP) is 1.79. The highest BCUT2D eigenvalue weighted by Crippen LogP contribution is 2.33. The maximum atomic E-state index is 12.4. The molecule has 2 fully saturated rings. The largest absolute Gasteiger partial charge is 0.368 e. The first-order valence-corrected chi connectivity index (χ1v) is 7.45. The van der Waals surface area contributed by atoms with Gasteiger partial charge < -0.3 is 15.4 Å². The molecule has 0 aromatic heterocycles. The van der Waals surface area contributed by atoms with Crippen molar-refractivity contribution in [2.45, 2.75) is 24.9 Å². The van der Waals surface area contributed by atoms with Crippen molar-refractivity contribution in [2.75, 3.05) is 26.2 Å². The second kappa shape index (κ2) is 7.25. The van der Waals surface area contributed by atoms with Gasteiger partial charge in [0.1, 0.15) is 6.10 Å². The maximum absolute atomic E-state index is 12.4. The van der Waals surface area contributed by atoms with E-state index in [1.54, 1.807) is 0 Å². The van der Waals surface area contributed by atoms with Gasteiger partial charge in [0.25, 0.3) is 5.91 Å². The first-order chi connectivity index (χ1) is 9.79. The lowest BCUT2D eigenvalue weighted by atomic mass is 9.89. The lowest BCUT2D eigenvalue weighted by Gasteiger charge is -2.20. The normalized spacial score (nSPS) is 28.4. The zero-order chi connectivity index (χ0) is 13.9. The minimum atomic E-state index is -0.219. The van der Waals surface area contributed by atoms with E-state index in [1.165, 1.54) is 5.56 Å². The van der Waals surface area contributed by atoms with Crippen LogP contribution in [0.25, 0.3) is 0 Å². The lowest BCUT2D eigenvalue weighted by molar-refractivity contribution is -0.139. The molecule has 1 unspecified atom stereocenters. The average molecular weight is 311 g/mol. The van der Waals surface area contributed by atoms with Crippen molar-refractivity contribution in [3.63, 3.8) is 0 Å². The van der Waals surface area contributed by atoms with Crippen LogP contribution in [0.4, 0.5) is 0 Å². The quantitative estimate of drug-likeness (QED) is 0.926. The van der Waals surface area contributed by atoms with Gasteiger partial charge in [0.15, 0.2) is 0 Å². The zero-order valence-corrected chi connectivity index (χ0v) is 12.9. The van der Waals surface area contributed by atoms with Gasteiger partial charge in [0.05, 0.1) is 0 Å². The number of ether oxygens (including phenoxy) is 1. The fraction of sp³-hybridized carbons (Fsp3) is 0.562. The van der Waals surface area contributed by atoms with Crippen LogP contribution in [0, 0.1) is 5.92 Å². The summed E-state index contributed by atoms with van der Waals surface area (Å²) in [7, 11) is 0. The highest BCUT2D eigenvalue weighted by molar-refractivity contribution is 5.85. The van der Waals surface area contributed by atoms with Gasteiger partial charge >= 0.3 is 0 Å². The first-order valence-electron chi connectivity index (χ1n) is 7.45. The van der Waals surface area contributed by atoms with Crippen molar-refractivity contribution in [3.8, 4) is 0 Å². The Bertz CT molecular complexity index is 463. The molecule has 0 bridgehead atoms. The number of amides is 1. The minimum absolute atomic E-state index is 0. The van der Waals surface area contributed by atoms with Crippen molar-refractivity contribution in [3.05, 3.63) is 35.9 Å². The summed E-state index contributed by atoms with van der Waals surface area (Å²) in [6.45, 7) is 2.86. The summed E-state index contributed by atoms with van der Waals surface area (Å²) in [5.41, 5.74) is 7.19. The van der Waals surface area contributed by atoms with Crippen LogP contribution in [0.1, 0.15) is 24.3 Å². The topological polar surface area (TPSA) is 55.6 Å². The Morgan fingerprint density at radius 2 is 2.05 bits per heavy atom. The van der Waals surface area contributed by atoms with Gasteiger partial charge in [-0.2, -0.15) is 0 Å². The molecular formula is C16H23ClN2O2. The van der Waals surface area contributed by atoms with Crippen molar-refractivity contribution >= 4 is 18.3 Å². The number of hydrogen-bond donors (Lipinski definition) is 1. The van der Waals surface area contributed by atoms with E-state index in [4.69, 9.17) is 10.5 Å². The molecule has 0 spiro atoms. The van der Waals surface area contributed by atoms with E-state index >= 15 is 0 Å². The monoisotopic (exact) mass is 310 g/mol. The van der Waals surface area contributed by atoms with E-state index < -0.39 is 0 Å². The molecule has 1 aromatic carbocycles. The number of rotatable bonds is 3. The molecule has 116 valence electrons. The first kappa shape index (κ1) is 16.3. The van der Waals surface area contributed by atoms with E-state index in [-0.39, 0.29) is 24.4 Å². The summed E-state index contributed by atoms with van der Waals surface area (Å²) >= 11 is 0. The van der Waals surface area contributed by atoms with E-state index in [0.29, 0.717) is 25.0 Å². The molecule has 21 heavy (non-hydrogen) atoms. The highest BCUT2D eigenvalue weighted by Gasteiger charge is 2.38. The third-order valence-corrected chi connectivity index (χ3v) is 4.49. The number of nitrogens with zero attached hydrogens (tertiary/aromatic N) is 1. The minimum Gasteiger partial charge on any atom is -0.368 e.